The number of nitrogens with one attached hydrogen (secondary N) is 1. The Morgan fingerprint density at radius 1 is 1.42 bits per heavy atom. The molecule has 2 N–H and O–H groups in total. The number of terminal acetylenes is 1. The molecule has 140 valence electrons. The Morgan fingerprint density at radius 3 is 2.77 bits per heavy atom. The lowest BCUT2D eigenvalue weighted by atomic mass is 9.80. The van der Waals surface area contributed by atoms with Gasteiger partial charge in [-0.2, -0.15) is 0 Å². The van der Waals surface area contributed by atoms with Crippen molar-refractivity contribution in [1.29, 1.82) is 0 Å². The number of hydrogen-bond acceptors (Lipinski definition) is 4. The summed E-state index contributed by atoms with van der Waals surface area (Å²) in [4.78, 5) is 12.3. The largest absolute Gasteiger partial charge is 0.459 e. The van der Waals surface area contributed by atoms with E-state index in [4.69, 9.17) is 27.5 Å². The summed E-state index contributed by atoms with van der Waals surface area (Å²) >= 11 is 6.00. The highest BCUT2D eigenvalue weighted by Crippen LogP contribution is 2.39. The summed E-state index contributed by atoms with van der Waals surface area (Å²) in [6.45, 7) is 2.54. The maximum absolute atomic E-state index is 12.3. The zero-order valence-corrected chi connectivity index (χ0v) is 15.5. The molecular formula is C20H24ClNO4. The van der Waals surface area contributed by atoms with Crippen LogP contribution in [0.1, 0.15) is 31.2 Å². The summed E-state index contributed by atoms with van der Waals surface area (Å²) in [5.74, 6) is 2.06. The van der Waals surface area contributed by atoms with E-state index in [1.54, 1.807) is 6.08 Å². The average molecular weight is 378 g/mol. The molecule has 0 bridgehead atoms. The predicted molar refractivity (Wildman–Crippen MR) is 100 cm³/mol. The van der Waals surface area contributed by atoms with Gasteiger partial charge >= 0.3 is 0 Å². The number of rotatable bonds is 8. The molecule has 0 spiro atoms. The normalized spacial score (nSPS) is 22.1. The van der Waals surface area contributed by atoms with E-state index in [9.17, 15) is 9.90 Å². The molecule has 1 aromatic carbocycles. The second kappa shape index (κ2) is 10.2. The Kier molecular flexibility index (Phi) is 7.99. The van der Waals surface area contributed by atoms with Gasteiger partial charge in [-0.15, -0.1) is 6.42 Å². The Hall–Kier alpha value is -2.00. The monoisotopic (exact) mass is 377 g/mol. The van der Waals surface area contributed by atoms with E-state index in [0.717, 1.165) is 5.56 Å². The van der Waals surface area contributed by atoms with Crippen molar-refractivity contribution in [2.45, 2.75) is 32.0 Å². The first-order chi connectivity index (χ1) is 12.6. The van der Waals surface area contributed by atoms with Gasteiger partial charge in [0.15, 0.2) is 5.76 Å². The number of allylic oxidation sites excluding steroid dienone is 1. The molecule has 0 fully saturated rings. The maximum Gasteiger partial charge on any atom is 0.286 e. The quantitative estimate of drug-likeness (QED) is 0.683. The SMILES string of the molecule is C#CCNC(=O)C1=C[C@@H](c2ccc(Cl)cc2)[C@H](CCCO)[C@@H](OCC)O1. The molecule has 1 amide bonds. The molecule has 2 rings (SSSR count). The van der Waals surface area contributed by atoms with Gasteiger partial charge in [-0.25, -0.2) is 0 Å². The number of carbonyl (C=O) groups is 1. The van der Waals surface area contributed by atoms with E-state index in [-0.39, 0.29) is 36.7 Å². The summed E-state index contributed by atoms with van der Waals surface area (Å²) in [5.41, 5.74) is 1.01. The molecule has 0 saturated carbocycles. The zero-order chi connectivity index (χ0) is 18.9. The molecule has 0 unspecified atom stereocenters. The van der Waals surface area contributed by atoms with E-state index >= 15 is 0 Å². The molecule has 0 aromatic heterocycles. The molecule has 1 aromatic rings. The maximum atomic E-state index is 12.3. The number of aliphatic hydroxyl groups is 1. The topological polar surface area (TPSA) is 67.8 Å². The number of halogens is 1. The Labute approximate surface area is 159 Å². The van der Waals surface area contributed by atoms with E-state index < -0.39 is 6.29 Å². The Bertz CT molecular complexity index is 665. The van der Waals surface area contributed by atoms with E-state index in [1.165, 1.54) is 0 Å². The molecular weight excluding hydrogens is 354 g/mol. The van der Waals surface area contributed by atoms with Crippen molar-refractivity contribution >= 4 is 17.5 Å². The first-order valence-electron chi connectivity index (χ1n) is 8.68. The first-order valence-corrected chi connectivity index (χ1v) is 9.06. The molecule has 0 radical (unpaired) electrons. The molecule has 3 atom stereocenters. The van der Waals surface area contributed by atoms with Gasteiger partial charge in [-0.3, -0.25) is 4.79 Å². The number of hydrogen-bond donors (Lipinski definition) is 2. The second-order valence-electron chi connectivity index (χ2n) is 5.97. The standard InChI is InChI=1S/C20H24ClNO4/c1-3-11-22-19(24)18-13-17(14-7-9-15(21)10-8-14)16(6-5-12-23)20(26-18)25-4-2/h1,7-10,13,16-17,20,23H,4-6,11-12H2,2H3,(H,22,24)/t16-,17-,20-/m0/s1. The molecule has 6 heteroatoms. The van der Waals surface area contributed by atoms with Crippen molar-refractivity contribution in [2.24, 2.45) is 5.92 Å². The minimum atomic E-state index is -0.580. The highest BCUT2D eigenvalue weighted by Gasteiger charge is 2.37. The smallest absolute Gasteiger partial charge is 0.286 e. The van der Waals surface area contributed by atoms with Crippen LogP contribution >= 0.6 is 11.6 Å². The zero-order valence-electron chi connectivity index (χ0n) is 14.8. The van der Waals surface area contributed by atoms with E-state index in [2.05, 4.69) is 11.2 Å². The fourth-order valence-electron chi connectivity index (χ4n) is 3.05. The third-order valence-corrected chi connectivity index (χ3v) is 4.49. The van der Waals surface area contributed by atoms with Gasteiger partial charge in [0.1, 0.15) is 0 Å². The van der Waals surface area contributed by atoms with Crippen LogP contribution in [0, 0.1) is 18.3 Å². The summed E-state index contributed by atoms with van der Waals surface area (Å²) in [6.07, 6.45) is 7.74. The summed E-state index contributed by atoms with van der Waals surface area (Å²) in [5, 5.41) is 12.5. The lowest BCUT2D eigenvalue weighted by Crippen LogP contribution is -2.39. The molecule has 26 heavy (non-hydrogen) atoms. The van der Waals surface area contributed by atoms with Gasteiger partial charge in [-0.05, 0) is 43.5 Å². The fourth-order valence-corrected chi connectivity index (χ4v) is 3.17. The highest BCUT2D eigenvalue weighted by molar-refractivity contribution is 6.30. The van der Waals surface area contributed by atoms with Gasteiger partial charge in [0.25, 0.3) is 5.91 Å². The number of ether oxygens (including phenoxy) is 2. The van der Waals surface area contributed by atoms with Crippen LogP contribution in [0.15, 0.2) is 36.1 Å². The lowest BCUT2D eigenvalue weighted by Gasteiger charge is -2.37. The third kappa shape index (κ3) is 5.25. The Morgan fingerprint density at radius 2 is 2.15 bits per heavy atom. The van der Waals surface area contributed by atoms with E-state index in [1.807, 2.05) is 31.2 Å². The average Bonchev–Trinajstić information content (AvgIpc) is 2.65. The number of amides is 1. The van der Waals surface area contributed by atoms with Crippen molar-refractivity contribution in [1.82, 2.24) is 5.32 Å². The first kappa shape index (κ1) is 20.3. The molecule has 1 aliphatic heterocycles. The van der Waals surface area contributed by atoms with Crippen LogP contribution in [0.2, 0.25) is 5.02 Å². The number of aliphatic hydroxyl groups excluding tert-OH is 1. The second-order valence-corrected chi connectivity index (χ2v) is 6.40. The van der Waals surface area contributed by atoms with E-state index in [0.29, 0.717) is 24.5 Å². The predicted octanol–water partition coefficient (Wildman–Crippen LogP) is 2.84. The van der Waals surface area contributed by atoms with Crippen LogP contribution in [0.5, 0.6) is 0 Å². The summed E-state index contributed by atoms with van der Waals surface area (Å²) in [7, 11) is 0. The van der Waals surface area contributed by atoms with Crippen molar-refractivity contribution in [3.05, 3.63) is 46.7 Å². The van der Waals surface area contributed by atoms with Gasteiger partial charge in [0.05, 0.1) is 6.54 Å². The molecule has 5 nitrogen and oxygen atoms in total. The summed E-state index contributed by atoms with van der Waals surface area (Å²) < 4.78 is 11.6. The summed E-state index contributed by atoms with van der Waals surface area (Å²) in [6, 6.07) is 7.50. The van der Waals surface area contributed by atoms with Crippen LogP contribution in [-0.4, -0.2) is 37.1 Å². The van der Waals surface area contributed by atoms with Crippen molar-refractivity contribution in [3.8, 4) is 12.3 Å². The van der Waals surface area contributed by atoms with Crippen LogP contribution in [0.3, 0.4) is 0 Å². The molecule has 1 heterocycles. The van der Waals surface area contributed by atoms with Crippen LogP contribution in [-0.2, 0) is 14.3 Å². The van der Waals surface area contributed by atoms with Crippen LogP contribution < -0.4 is 5.32 Å². The number of benzene rings is 1. The molecule has 0 aliphatic carbocycles. The third-order valence-electron chi connectivity index (χ3n) is 4.24. The van der Waals surface area contributed by atoms with Gasteiger partial charge in [0.2, 0.25) is 6.29 Å². The Balaban J connectivity index is 2.37. The minimum absolute atomic E-state index is 0.0348. The van der Waals surface area contributed by atoms with Gasteiger partial charge < -0.3 is 19.9 Å². The van der Waals surface area contributed by atoms with Gasteiger partial charge in [0, 0.05) is 30.1 Å². The fraction of sp³-hybridized carbons (Fsp3) is 0.450. The van der Waals surface area contributed by atoms with Crippen molar-refractivity contribution in [3.63, 3.8) is 0 Å². The molecule has 0 saturated heterocycles. The van der Waals surface area contributed by atoms with Crippen molar-refractivity contribution < 1.29 is 19.4 Å². The van der Waals surface area contributed by atoms with Crippen LogP contribution in [0.25, 0.3) is 0 Å². The highest BCUT2D eigenvalue weighted by atomic mass is 35.5. The lowest BCUT2D eigenvalue weighted by molar-refractivity contribution is -0.166. The van der Waals surface area contributed by atoms with Crippen LogP contribution in [0.4, 0.5) is 0 Å². The van der Waals surface area contributed by atoms with Crippen molar-refractivity contribution in [2.75, 3.05) is 19.8 Å². The minimum Gasteiger partial charge on any atom is -0.459 e. The van der Waals surface area contributed by atoms with Gasteiger partial charge in [-0.1, -0.05) is 29.7 Å². The number of carbonyl (C=O) groups excluding carboxylic acids is 1. The molecule has 1 aliphatic rings.